The van der Waals surface area contributed by atoms with Gasteiger partial charge in [-0.1, -0.05) is 66.7 Å². The van der Waals surface area contributed by atoms with E-state index in [-0.39, 0.29) is 5.82 Å². The van der Waals surface area contributed by atoms with Crippen LogP contribution < -0.4 is 15.4 Å². The molecule has 0 aliphatic rings. The second-order valence-corrected chi connectivity index (χ2v) is 10.2. The molecule has 3 aromatic carbocycles. The van der Waals surface area contributed by atoms with Crippen molar-refractivity contribution < 1.29 is 13.2 Å². The van der Waals surface area contributed by atoms with Crippen LogP contribution in [-0.2, 0) is 16.6 Å². The van der Waals surface area contributed by atoms with Crippen LogP contribution in [0.3, 0.4) is 0 Å². The molecule has 3 N–H and O–H groups in total. The Balaban J connectivity index is 1.50. The second kappa shape index (κ2) is 10.1. The van der Waals surface area contributed by atoms with Crippen molar-refractivity contribution in [1.82, 2.24) is 14.6 Å². The first-order chi connectivity index (χ1) is 17.9. The van der Waals surface area contributed by atoms with Gasteiger partial charge < -0.3 is 10.6 Å². The van der Waals surface area contributed by atoms with E-state index in [1.54, 1.807) is 28.9 Å². The maximum Gasteiger partial charge on any atom is 0.295 e. The fourth-order valence-electron chi connectivity index (χ4n) is 3.94. The molecule has 0 bridgehead atoms. The number of carbonyl (C=O) groups is 1. The first kappa shape index (κ1) is 24.0. The molecule has 1 amide bonds. The van der Waals surface area contributed by atoms with Crippen molar-refractivity contribution in [3.63, 3.8) is 0 Å². The quantitative estimate of drug-likeness (QED) is 0.279. The van der Waals surface area contributed by atoms with Gasteiger partial charge in [0.05, 0.1) is 11.9 Å². The summed E-state index contributed by atoms with van der Waals surface area (Å²) in [6, 6.07) is 28.1. The zero-order valence-corrected chi connectivity index (χ0v) is 20.7. The zero-order chi connectivity index (χ0) is 25.8. The molecule has 0 atom stereocenters. The summed E-state index contributed by atoms with van der Waals surface area (Å²) in [6.07, 6.45) is 2.85. The number of carbonyl (C=O) groups excluding carboxylic acids is 1. The van der Waals surface area contributed by atoms with Crippen molar-refractivity contribution in [3.05, 3.63) is 109 Å². The van der Waals surface area contributed by atoms with Crippen LogP contribution in [0.15, 0.2) is 97.2 Å². The maximum atomic E-state index is 13.1. The number of fused-ring (bicyclic) bond motifs is 1. The van der Waals surface area contributed by atoms with Gasteiger partial charge in [0.25, 0.3) is 5.91 Å². The van der Waals surface area contributed by atoms with Gasteiger partial charge in [0.1, 0.15) is 5.52 Å². The van der Waals surface area contributed by atoms with Crippen molar-refractivity contribution in [2.45, 2.75) is 6.54 Å². The number of hydrogen-bond acceptors (Lipinski definition) is 6. The zero-order valence-electron chi connectivity index (χ0n) is 19.9. The van der Waals surface area contributed by atoms with Crippen molar-refractivity contribution >= 4 is 38.6 Å². The molecule has 5 rings (SSSR count). The van der Waals surface area contributed by atoms with Crippen LogP contribution in [-0.4, -0.2) is 35.2 Å². The minimum Gasteiger partial charge on any atom is -0.364 e. The highest BCUT2D eigenvalue weighted by Crippen LogP contribution is 2.30. The minimum atomic E-state index is -3.45. The van der Waals surface area contributed by atoms with E-state index in [0.717, 1.165) is 28.5 Å². The largest absolute Gasteiger partial charge is 0.364 e. The molecule has 0 saturated carbocycles. The van der Waals surface area contributed by atoms with Crippen LogP contribution >= 0.6 is 0 Å². The molecule has 5 aromatic rings. The lowest BCUT2D eigenvalue weighted by Crippen LogP contribution is -2.19. The van der Waals surface area contributed by atoms with Crippen LogP contribution in [0.25, 0.3) is 16.6 Å². The fourth-order valence-corrected chi connectivity index (χ4v) is 4.49. The molecule has 0 aliphatic heterocycles. The van der Waals surface area contributed by atoms with Crippen LogP contribution in [0, 0.1) is 0 Å². The highest BCUT2D eigenvalue weighted by molar-refractivity contribution is 7.92. The molecule has 2 aromatic heterocycles. The number of hydrogen-bond donors (Lipinski definition) is 3. The van der Waals surface area contributed by atoms with Crippen molar-refractivity contribution in [2.75, 3.05) is 21.6 Å². The molecule has 10 heteroatoms. The van der Waals surface area contributed by atoms with E-state index >= 15 is 0 Å². The summed E-state index contributed by atoms with van der Waals surface area (Å²) in [6.45, 7) is 0.507. The maximum absolute atomic E-state index is 13.1. The Morgan fingerprint density at radius 2 is 1.59 bits per heavy atom. The lowest BCUT2D eigenvalue weighted by atomic mass is 10.1. The summed E-state index contributed by atoms with van der Waals surface area (Å²) in [5, 5.41) is 10.6. The highest BCUT2D eigenvalue weighted by atomic mass is 32.2. The van der Waals surface area contributed by atoms with Crippen LogP contribution in [0.5, 0.6) is 0 Å². The van der Waals surface area contributed by atoms with E-state index in [9.17, 15) is 13.2 Å². The minimum absolute atomic E-state index is 0.0419. The summed E-state index contributed by atoms with van der Waals surface area (Å²) in [5.74, 6) is -0.0590. The van der Waals surface area contributed by atoms with E-state index in [2.05, 4.69) is 25.4 Å². The third-order valence-corrected chi connectivity index (χ3v) is 6.13. The van der Waals surface area contributed by atoms with Crippen LogP contribution in [0.1, 0.15) is 16.2 Å². The van der Waals surface area contributed by atoms with Gasteiger partial charge in [-0.05, 0) is 35.4 Å². The Morgan fingerprint density at radius 3 is 2.32 bits per heavy atom. The SMILES string of the molecule is CS(=O)(=O)Nc1cccc(NC(=O)c2nc(NCc3ccccc3)c3c(-c4ccccc4)ccn3n2)c1. The van der Waals surface area contributed by atoms with Gasteiger partial charge >= 0.3 is 0 Å². The summed E-state index contributed by atoms with van der Waals surface area (Å²) >= 11 is 0. The predicted octanol–water partition coefficient (Wildman–Crippen LogP) is 4.63. The number of benzene rings is 3. The van der Waals surface area contributed by atoms with E-state index in [1.807, 2.05) is 66.7 Å². The van der Waals surface area contributed by atoms with Crippen molar-refractivity contribution in [3.8, 4) is 11.1 Å². The number of sulfonamides is 1. The average Bonchev–Trinajstić information content (AvgIpc) is 3.32. The smallest absolute Gasteiger partial charge is 0.295 e. The van der Waals surface area contributed by atoms with Gasteiger partial charge in [-0.2, -0.15) is 0 Å². The predicted molar refractivity (Wildman–Crippen MR) is 145 cm³/mol. The fraction of sp³-hybridized carbons (Fsp3) is 0.0741. The molecular formula is C27H24N6O3S. The Kier molecular flexibility index (Phi) is 6.57. The van der Waals surface area contributed by atoms with Crippen LogP contribution in [0.4, 0.5) is 17.2 Å². The van der Waals surface area contributed by atoms with Gasteiger partial charge in [-0.25, -0.2) is 17.9 Å². The number of rotatable bonds is 8. The topological polar surface area (TPSA) is 117 Å². The Labute approximate surface area is 214 Å². The first-order valence-electron chi connectivity index (χ1n) is 11.5. The molecule has 186 valence electrons. The average molecular weight is 513 g/mol. The van der Waals surface area contributed by atoms with E-state index < -0.39 is 15.9 Å². The lowest BCUT2D eigenvalue weighted by molar-refractivity contribution is 0.101. The van der Waals surface area contributed by atoms with Crippen LogP contribution in [0.2, 0.25) is 0 Å². The van der Waals surface area contributed by atoms with Gasteiger partial charge in [0.2, 0.25) is 15.8 Å². The number of anilines is 3. The molecule has 37 heavy (non-hydrogen) atoms. The lowest BCUT2D eigenvalue weighted by Gasteiger charge is -2.12. The number of aromatic nitrogens is 3. The Hall–Kier alpha value is -4.70. The van der Waals surface area contributed by atoms with Gasteiger partial charge in [-0.3, -0.25) is 9.52 Å². The molecule has 0 unspecified atom stereocenters. The summed E-state index contributed by atoms with van der Waals surface area (Å²) < 4.78 is 27.1. The van der Waals surface area contributed by atoms with E-state index in [1.165, 1.54) is 6.07 Å². The normalized spacial score (nSPS) is 11.3. The summed E-state index contributed by atoms with van der Waals surface area (Å²) in [7, 11) is -3.45. The highest BCUT2D eigenvalue weighted by Gasteiger charge is 2.18. The Bertz CT molecular complexity index is 1670. The third-order valence-electron chi connectivity index (χ3n) is 5.53. The Morgan fingerprint density at radius 1 is 0.892 bits per heavy atom. The molecule has 0 fully saturated rings. The molecule has 0 spiro atoms. The standard InChI is InChI=1S/C27H24N6O3S/c1-37(35,36)32-22-14-8-13-21(17-22)29-27(34)26-30-25(28-18-19-9-4-2-5-10-19)24-23(15-16-33(24)31-26)20-11-6-3-7-12-20/h2-17,32H,18H2,1H3,(H,29,34)(H,28,30,31). The van der Waals surface area contributed by atoms with Crippen molar-refractivity contribution in [2.24, 2.45) is 0 Å². The van der Waals surface area contributed by atoms with Gasteiger partial charge in [0.15, 0.2) is 5.82 Å². The molecule has 9 nitrogen and oxygen atoms in total. The molecule has 0 aliphatic carbocycles. The van der Waals surface area contributed by atoms with Crippen molar-refractivity contribution in [1.29, 1.82) is 0 Å². The summed E-state index contributed by atoms with van der Waals surface area (Å²) in [4.78, 5) is 17.7. The second-order valence-electron chi connectivity index (χ2n) is 8.42. The first-order valence-corrected chi connectivity index (χ1v) is 13.4. The van der Waals surface area contributed by atoms with Gasteiger partial charge in [0, 0.05) is 24.0 Å². The summed E-state index contributed by atoms with van der Waals surface area (Å²) in [5.41, 5.74) is 4.48. The van der Waals surface area contributed by atoms with E-state index in [0.29, 0.717) is 23.7 Å². The van der Waals surface area contributed by atoms with Gasteiger partial charge in [-0.15, -0.1) is 5.10 Å². The third kappa shape index (κ3) is 5.76. The monoisotopic (exact) mass is 512 g/mol. The molecule has 2 heterocycles. The molecular weight excluding hydrogens is 488 g/mol. The number of nitrogens with zero attached hydrogens (tertiary/aromatic N) is 3. The molecule has 0 saturated heterocycles. The number of nitrogens with one attached hydrogen (secondary N) is 3. The van der Waals surface area contributed by atoms with E-state index in [4.69, 9.17) is 0 Å². The number of amides is 1. The molecule has 0 radical (unpaired) electrons.